The standard InChI is InChI=1S/C26H31N5O6S/c1-37-18-6-4-16(5-7-18)21(32)8-9-22(33)31-13-10-17(11-14-31)26-28-20(15-38-26)25(36)30-29-24(35)19-3-2-12-27-23(19)34/h4-7,15,17,19H,2-3,8-14H2,1H3,(H,27,34)(H,29,35)(H,30,36). The average Bonchev–Trinajstić information content (AvgIpc) is 3.45. The highest BCUT2D eigenvalue weighted by molar-refractivity contribution is 7.09. The molecule has 0 radical (unpaired) electrons. The van der Waals surface area contributed by atoms with Gasteiger partial charge in [0.2, 0.25) is 11.8 Å². The van der Waals surface area contributed by atoms with E-state index in [-0.39, 0.29) is 42.1 Å². The van der Waals surface area contributed by atoms with Gasteiger partial charge in [-0.2, -0.15) is 0 Å². The number of nitrogens with zero attached hydrogens (tertiary/aromatic N) is 2. The Labute approximate surface area is 224 Å². The molecule has 12 heteroatoms. The van der Waals surface area contributed by atoms with Crippen molar-refractivity contribution in [1.82, 2.24) is 26.1 Å². The first-order chi connectivity index (χ1) is 18.4. The molecule has 2 saturated heterocycles. The molecule has 1 aromatic heterocycles. The van der Waals surface area contributed by atoms with E-state index in [4.69, 9.17) is 4.74 Å². The maximum absolute atomic E-state index is 12.7. The first kappa shape index (κ1) is 27.2. The number of ether oxygens (including phenoxy) is 1. The number of hydrogen-bond donors (Lipinski definition) is 3. The quantitative estimate of drug-likeness (QED) is 0.262. The number of Topliss-reactive ketones (excluding diaryl/α,β-unsaturated/α-hetero) is 1. The van der Waals surface area contributed by atoms with Crippen molar-refractivity contribution < 1.29 is 28.7 Å². The van der Waals surface area contributed by atoms with Crippen LogP contribution >= 0.6 is 11.3 Å². The van der Waals surface area contributed by atoms with Gasteiger partial charge in [-0.15, -0.1) is 11.3 Å². The molecule has 2 aliphatic rings. The predicted octanol–water partition coefficient (Wildman–Crippen LogP) is 1.81. The van der Waals surface area contributed by atoms with Gasteiger partial charge in [-0.05, 0) is 49.9 Å². The summed E-state index contributed by atoms with van der Waals surface area (Å²) < 4.78 is 5.10. The number of hydrazine groups is 1. The largest absolute Gasteiger partial charge is 0.497 e. The van der Waals surface area contributed by atoms with Crippen LogP contribution in [0.4, 0.5) is 0 Å². The number of nitrogens with one attached hydrogen (secondary N) is 3. The fourth-order valence-electron chi connectivity index (χ4n) is 4.55. The van der Waals surface area contributed by atoms with Gasteiger partial charge >= 0.3 is 0 Å². The van der Waals surface area contributed by atoms with Gasteiger partial charge in [-0.25, -0.2) is 4.98 Å². The van der Waals surface area contributed by atoms with Gasteiger partial charge < -0.3 is 15.0 Å². The Balaban J connectivity index is 1.20. The number of piperidine rings is 2. The molecule has 4 amide bonds. The lowest BCUT2D eigenvalue weighted by Crippen LogP contribution is -2.50. The van der Waals surface area contributed by atoms with Crippen molar-refractivity contribution in [3.05, 3.63) is 45.9 Å². The van der Waals surface area contributed by atoms with E-state index in [1.54, 1.807) is 41.7 Å². The minimum atomic E-state index is -0.816. The van der Waals surface area contributed by atoms with Gasteiger partial charge in [-0.1, -0.05) is 0 Å². The molecule has 3 N–H and O–H groups in total. The number of aromatic nitrogens is 1. The van der Waals surface area contributed by atoms with E-state index in [0.29, 0.717) is 56.6 Å². The number of amides is 4. The number of thiazole rings is 1. The Hall–Kier alpha value is -3.80. The van der Waals surface area contributed by atoms with E-state index in [1.807, 2.05) is 0 Å². The van der Waals surface area contributed by atoms with Gasteiger partial charge in [0, 0.05) is 49.3 Å². The number of hydrogen-bond acceptors (Lipinski definition) is 8. The molecular formula is C26H31N5O6S. The highest BCUT2D eigenvalue weighted by atomic mass is 32.1. The summed E-state index contributed by atoms with van der Waals surface area (Å²) in [5.41, 5.74) is 5.39. The molecular weight excluding hydrogens is 510 g/mol. The fraction of sp³-hybridized carbons (Fsp3) is 0.462. The van der Waals surface area contributed by atoms with Crippen LogP contribution in [0.3, 0.4) is 0 Å². The second kappa shape index (κ2) is 12.6. The smallest absolute Gasteiger partial charge is 0.289 e. The minimum Gasteiger partial charge on any atom is -0.497 e. The number of methoxy groups -OCH3 is 1. The molecule has 3 heterocycles. The first-order valence-corrected chi connectivity index (χ1v) is 13.5. The molecule has 11 nitrogen and oxygen atoms in total. The van der Waals surface area contributed by atoms with E-state index in [9.17, 15) is 24.0 Å². The molecule has 38 heavy (non-hydrogen) atoms. The maximum atomic E-state index is 12.7. The molecule has 2 aromatic rings. The monoisotopic (exact) mass is 541 g/mol. The molecule has 1 aromatic carbocycles. The third kappa shape index (κ3) is 6.74. The van der Waals surface area contributed by atoms with Crippen LogP contribution < -0.4 is 20.9 Å². The zero-order valence-corrected chi connectivity index (χ0v) is 22.0. The number of benzene rings is 1. The van der Waals surface area contributed by atoms with Crippen LogP contribution in [0, 0.1) is 5.92 Å². The highest BCUT2D eigenvalue weighted by Gasteiger charge is 2.30. The SMILES string of the molecule is COc1ccc(C(=O)CCC(=O)N2CCC(c3nc(C(=O)NNC(=O)C4CCCNC4=O)cs3)CC2)cc1. The van der Waals surface area contributed by atoms with Crippen molar-refractivity contribution >= 4 is 40.7 Å². The Morgan fingerprint density at radius 2 is 1.82 bits per heavy atom. The van der Waals surface area contributed by atoms with Gasteiger partial charge in [0.25, 0.3) is 11.8 Å². The van der Waals surface area contributed by atoms with Crippen molar-refractivity contribution in [2.24, 2.45) is 5.92 Å². The number of ketones is 1. The number of carbonyl (C=O) groups is 5. The van der Waals surface area contributed by atoms with E-state index in [1.165, 1.54) is 11.3 Å². The summed E-state index contributed by atoms with van der Waals surface area (Å²) in [5, 5.41) is 5.07. The van der Waals surface area contributed by atoms with Crippen molar-refractivity contribution in [3.63, 3.8) is 0 Å². The van der Waals surface area contributed by atoms with Crippen molar-refractivity contribution in [1.29, 1.82) is 0 Å². The first-order valence-electron chi connectivity index (χ1n) is 12.6. The summed E-state index contributed by atoms with van der Waals surface area (Å²) in [6, 6.07) is 6.84. The van der Waals surface area contributed by atoms with Crippen LogP contribution in [-0.4, -0.2) is 66.0 Å². The predicted molar refractivity (Wildman–Crippen MR) is 139 cm³/mol. The Bertz CT molecular complexity index is 1190. The van der Waals surface area contributed by atoms with Crippen molar-refractivity contribution in [2.75, 3.05) is 26.7 Å². The Morgan fingerprint density at radius 1 is 1.08 bits per heavy atom. The van der Waals surface area contributed by atoms with Crippen molar-refractivity contribution in [2.45, 2.75) is 44.4 Å². The number of rotatable bonds is 8. The topological polar surface area (TPSA) is 147 Å². The Morgan fingerprint density at radius 3 is 2.50 bits per heavy atom. The van der Waals surface area contributed by atoms with E-state index >= 15 is 0 Å². The molecule has 0 bridgehead atoms. The average molecular weight is 542 g/mol. The normalized spacial score (nSPS) is 17.9. The number of likely N-dealkylation sites (tertiary alicyclic amines) is 1. The second-order valence-electron chi connectivity index (χ2n) is 9.31. The zero-order chi connectivity index (χ0) is 27.1. The van der Waals surface area contributed by atoms with Gasteiger partial charge in [0.05, 0.1) is 12.1 Å². The van der Waals surface area contributed by atoms with Crippen LogP contribution in [0.5, 0.6) is 5.75 Å². The molecule has 1 unspecified atom stereocenters. The van der Waals surface area contributed by atoms with E-state index in [0.717, 1.165) is 5.01 Å². The highest BCUT2D eigenvalue weighted by Crippen LogP contribution is 2.30. The van der Waals surface area contributed by atoms with Crippen LogP contribution in [-0.2, 0) is 14.4 Å². The van der Waals surface area contributed by atoms with Crippen LogP contribution in [0.1, 0.15) is 70.3 Å². The summed E-state index contributed by atoms with van der Waals surface area (Å²) in [7, 11) is 1.56. The summed E-state index contributed by atoms with van der Waals surface area (Å²) in [5.74, 6) is -1.59. The lowest BCUT2D eigenvalue weighted by Gasteiger charge is -2.31. The van der Waals surface area contributed by atoms with Gasteiger partial charge in [0.15, 0.2) is 5.78 Å². The van der Waals surface area contributed by atoms with Crippen molar-refractivity contribution in [3.8, 4) is 5.75 Å². The molecule has 2 fully saturated rings. The van der Waals surface area contributed by atoms with E-state index < -0.39 is 17.7 Å². The lowest BCUT2D eigenvalue weighted by atomic mass is 9.97. The van der Waals surface area contributed by atoms with Crippen LogP contribution in [0.15, 0.2) is 29.6 Å². The molecule has 4 rings (SSSR count). The molecule has 0 aliphatic carbocycles. The van der Waals surface area contributed by atoms with Crippen LogP contribution in [0.25, 0.3) is 0 Å². The molecule has 1 atom stereocenters. The zero-order valence-electron chi connectivity index (χ0n) is 21.2. The van der Waals surface area contributed by atoms with Gasteiger partial charge in [0.1, 0.15) is 17.4 Å². The summed E-state index contributed by atoms with van der Waals surface area (Å²) in [4.78, 5) is 67.7. The third-order valence-electron chi connectivity index (χ3n) is 6.83. The van der Waals surface area contributed by atoms with Crippen LogP contribution in [0.2, 0.25) is 0 Å². The molecule has 0 spiro atoms. The Kier molecular flexibility index (Phi) is 9.06. The summed E-state index contributed by atoms with van der Waals surface area (Å²) in [6.45, 7) is 1.66. The third-order valence-corrected chi connectivity index (χ3v) is 7.84. The summed E-state index contributed by atoms with van der Waals surface area (Å²) >= 11 is 1.37. The number of carbonyl (C=O) groups excluding carboxylic acids is 5. The second-order valence-corrected chi connectivity index (χ2v) is 10.2. The molecule has 2 aliphatic heterocycles. The maximum Gasteiger partial charge on any atom is 0.289 e. The fourth-order valence-corrected chi connectivity index (χ4v) is 5.52. The lowest BCUT2D eigenvalue weighted by molar-refractivity contribution is -0.137. The molecule has 0 saturated carbocycles. The minimum absolute atomic E-state index is 0.0492. The van der Waals surface area contributed by atoms with Gasteiger partial charge in [-0.3, -0.25) is 34.8 Å². The summed E-state index contributed by atoms with van der Waals surface area (Å²) in [6.07, 6.45) is 2.87. The molecule has 202 valence electrons. The van der Waals surface area contributed by atoms with E-state index in [2.05, 4.69) is 21.2 Å².